The van der Waals surface area contributed by atoms with Gasteiger partial charge in [-0.05, 0) is 42.8 Å². The van der Waals surface area contributed by atoms with E-state index in [2.05, 4.69) is 15.4 Å². The Morgan fingerprint density at radius 3 is 2.58 bits per heavy atom. The summed E-state index contributed by atoms with van der Waals surface area (Å²) < 4.78 is 11.9. The van der Waals surface area contributed by atoms with Crippen LogP contribution in [0.4, 0.5) is 5.69 Å². The van der Waals surface area contributed by atoms with Crippen LogP contribution in [0, 0.1) is 0 Å². The molecule has 0 fully saturated rings. The molecule has 0 unspecified atom stereocenters. The number of ether oxygens (including phenoxy) is 2. The van der Waals surface area contributed by atoms with E-state index in [1.807, 2.05) is 25.1 Å². The fourth-order valence-electron chi connectivity index (χ4n) is 2.89. The molecule has 2 heterocycles. The largest absolute Gasteiger partial charge is 0.484 e. The molecular weight excluding hydrogens is 444 g/mol. The van der Waals surface area contributed by atoms with Gasteiger partial charge in [-0.15, -0.1) is 0 Å². The molecule has 0 aliphatic rings. The maximum atomic E-state index is 12.4. The SMILES string of the molecule is CCc1nn2c(=O)cc(COC(=O)c3ccc(NC(=O)COc4ccccc4)cc3)nc2s1. The molecule has 168 valence electrons. The minimum Gasteiger partial charge on any atom is -0.484 e. The molecule has 33 heavy (non-hydrogen) atoms. The molecule has 10 heteroatoms. The number of hydrogen-bond acceptors (Lipinski definition) is 8. The van der Waals surface area contributed by atoms with Gasteiger partial charge in [0, 0.05) is 11.8 Å². The van der Waals surface area contributed by atoms with E-state index in [0.717, 1.165) is 5.01 Å². The number of para-hydroxylation sites is 1. The number of aromatic nitrogens is 3. The van der Waals surface area contributed by atoms with Crippen LogP contribution in [-0.2, 0) is 22.6 Å². The van der Waals surface area contributed by atoms with Crippen LogP contribution < -0.4 is 15.6 Å². The summed E-state index contributed by atoms with van der Waals surface area (Å²) in [6, 6.07) is 16.6. The Kier molecular flexibility index (Phi) is 6.75. The Hall–Kier alpha value is -4.05. The number of amides is 1. The number of fused-ring (bicyclic) bond motifs is 1. The fraction of sp³-hybridized carbons (Fsp3) is 0.174. The summed E-state index contributed by atoms with van der Waals surface area (Å²) in [4.78, 5) is 41.4. The molecule has 0 radical (unpaired) electrons. The van der Waals surface area contributed by atoms with Crippen LogP contribution in [0.25, 0.3) is 4.96 Å². The highest BCUT2D eigenvalue weighted by Crippen LogP contribution is 2.14. The first kappa shape index (κ1) is 22.2. The number of carbonyl (C=O) groups is 2. The summed E-state index contributed by atoms with van der Waals surface area (Å²) in [5.41, 5.74) is 0.850. The van der Waals surface area contributed by atoms with Crippen molar-refractivity contribution in [2.24, 2.45) is 0 Å². The van der Waals surface area contributed by atoms with E-state index in [9.17, 15) is 14.4 Å². The van der Waals surface area contributed by atoms with Gasteiger partial charge in [-0.25, -0.2) is 9.78 Å². The van der Waals surface area contributed by atoms with E-state index in [1.54, 1.807) is 24.3 Å². The van der Waals surface area contributed by atoms with Gasteiger partial charge < -0.3 is 14.8 Å². The van der Waals surface area contributed by atoms with Gasteiger partial charge >= 0.3 is 5.97 Å². The molecule has 2 aromatic carbocycles. The van der Waals surface area contributed by atoms with Crippen molar-refractivity contribution >= 4 is 33.9 Å². The maximum absolute atomic E-state index is 12.4. The van der Waals surface area contributed by atoms with Gasteiger partial charge in [0.2, 0.25) is 4.96 Å². The van der Waals surface area contributed by atoms with Gasteiger partial charge in [0.15, 0.2) is 6.61 Å². The fourth-order valence-corrected chi connectivity index (χ4v) is 3.75. The van der Waals surface area contributed by atoms with Crippen molar-refractivity contribution in [3.63, 3.8) is 0 Å². The van der Waals surface area contributed by atoms with Gasteiger partial charge in [0.1, 0.15) is 17.4 Å². The topological polar surface area (TPSA) is 112 Å². The second-order valence-electron chi connectivity index (χ2n) is 6.93. The van der Waals surface area contributed by atoms with E-state index < -0.39 is 5.97 Å². The third-order valence-electron chi connectivity index (χ3n) is 4.51. The van der Waals surface area contributed by atoms with E-state index >= 15 is 0 Å². The number of anilines is 1. The summed E-state index contributed by atoms with van der Waals surface area (Å²) in [6.07, 6.45) is 0.703. The molecule has 0 aliphatic carbocycles. The van der Waals surface area contributed by atoms with Crippen molar-refractivity contribution in [3.8, 4) is 5.75 Å². The summed E-state index contributed by atoms with van der Waals surface area (Å²) in [5.74, 6) is -0.291. The summed E-state index contributed by atoms with van der Waals surface area (Å²) in [7, 11) is 0. The highest BCUT2D eigenvalue weighted by atomic mass is 32.1. The summed E-state index contributed by atoms with van der Waals surface area (Å²) >= 11 is 1.32. The average molecular weight is 465 g/mol. The Labute approximate surface area is 192 Å². The molecule has 0 aliphatic heterocycles. The molecule has 4 rings (SSSR count). The molecule has 0 atom stereocenters. The van der Waals surface area contributed by atoms with Crippen molar-refractivity contribution in [2.75, 3.05) is 11.9 Å². The monoisotopic (exact) mass is 464 g/mol. The lowest BCUT2D eigenvalue weighted by molar-refractivity contribution is -0.118. The van der Waals surface area contributed by atoms with Crippen LogP contribution in [0.5, 0.6) is 5.75 Å². The lowest BCUT2D eigenvalue weighted by Crippen LogP contribution is -2.20. The van der Waals surface area contributed by atoms with Gasteiger partial charge in [-0.1, -0.05) is 36.5 Å². The first-order valence-electron chi connectivity index (χ1n) is 10.2. The predicted octanol–water partition coefficient (Wildman–Crippen LogP) is 3.09. The van der Waals surface area contributed by atoms with E-state index in [0.29, 0.717) is 34.1 Å². The van der Waals surface area contributed by atoms with Crippen LogP contribution >= 0.6 is 11.3 Å². The molecular formula is C23H20N4O5S. The zero-order valence-corrected chi connectivity index (χ0v) is 18.5. The molecule has 9 nitrogen and oxygen atoms in total. The normalized spacial score (nSPS) is 10.7. The Bertz CT molecular complexity index is 1330. The number of esters is 1. The van der Waals surface area contributed by atoms with E-state index in [4.69, 9.17) is 9.47 Å². The van der Waals surface area contributed by atoms with Crippen LogP contribution in [0.15, 0.2) is 65.5 Å². The van der Waals surface area contributed by atoms with Crippen molar-refractivity contribution < 1.29 is 19.1 Å². The van der Waals surface area contributed by atoms with Crippen LogP contribution in [0.3, 0.4) is 0 Å². The number of rotatable bonds is 8. The number of nitrogens with zero attached hydrogens (tertiary/aromatic N) is 3. The minimum atomic E-state index is -0.569. The molecule has 0 bridgehead atoms. The van der Waals surface area contributed by atoms with Crippen molar-refractivity contribution in [3.05, 3.63) is 87.3 Å². The van der Waals surface area contributed by atoms with E-state index in [1.165, 1.54) is 34.1 Å². The van der Waals surface area contributed by atoms with Gasteiger partial charge in [-0.2, -0.15) is 9.61 Å². The Morgan fingerprint density at radius 1 is 1.09 bits per heavy atom. The lowest BCUT2D eigenvalue weighted by Gasteiger charge is -2.08. The number of hydrogen-bond donors (Lipinski definition) is 1. The number of aryl methyl sites for hydroxylation is 1. The summed E-state index contributed by atoms with van der Waals surface area (Å²) in [5, 5.41) is 7.68. The molecule has 2 aromatic heterocycles. The van der Waals surface area contributed by atoms with Crippen LogP contribution in [0.1, 0.15) is 28.0 Å². The van der Waals surface area contributed by atoms with Crippen molar-refractivity contribution in [2.45, 2.75) is 20.0 Å². The zero-order chi connectivity index (χ0) is 23.2. The van der Waals surface area contributed by atoms with Crippen LogP contribution in [-0.4, -0.2) is 33.1 Å². The molecule has 1 N–H and O–H groups in total. The lowest BCUT2D eigenvalue weighted by atomic mass is 10.2. The third kappa shape index (κ3) is 5.60. The molecule has 4 aromatic rings. The Morgan fingerprint density at radius 2 is 1.85 bits per heavy atom. The van der Waals surface area contributed by atoms with Gasteiger partial charge in [0.25, 0.3) is 11.5 Å². The standard InChI is InChI=1S/C23H20N4O5S/c1-2-20-26-27-21(29)12-17(25-23(27)33-20)13-32-22(30)15-8-10-16(11-9-15)24-19(28)14-31-18-6-4-3-5-7-18/h3-12H,2,13-14H2,1H3,(H,24,28). The highest BCUT2D eigenvalue weighted by Gasteiger charge is 2.12. The predicted molar refractivity (Wildman–Crippen MR) is 123 cm³/mol. The van der Waals surface area contributed by atoms with Gasteiger partial charge in [0.05, 0.1) is 11.3 Å². The molecule has 1 amide bonds. The first-order chi connectivity index (χ1) is 16.0. The Balaban J connectivity index is 1.31. The average Bonchev–Trinajstić information content (AvgIpc) is 3.26. The number of carbonyl (C=O) groups excluding carboxylic acids is 2. The number of nitrogens with one attached hydrogen (secondary N) is 1. The van der Waals surface area contributed by atoms with Gasteiger partial charge in [-0.3, -0.25) is 9.59 Å². The van der Waals surface area contributed by atoms with Crippen LogP contribution in [0.2, 0.25) is 0 Å². The molecule has 0 saturated heterocycles. The second-order valence-corrected chi connectivity index (χ2v) is 7.97. The third-order valence-corrected chi connectivity index (χ3v) is 5.56. The first-order valence-corrected chi connectivity index (χ1v) is 11.0. The van der Waals surface area contributed by atoms with Crippen molar-refractivity contribution in [1.82, 2.24) is 14.6 Å². The highest BCUT2D eigenvalue weighted by molar-refractivity contribution is 7.16. The van der Waals surface area contributed by atoms with Crippen molar-refractivity contribution in [1.29, 1.82) is 0 Å². The number of benzene rings is 2. The smallest absolute Gasteiger partial charge is 0.338 e. The van der Waals surface area contributed by atoms with E-state index in [-0.39, 0.29) is 24.7 Å². The second kappa shape index (κ2) is 10.0. The summed E-state index contributed by atoms with van der Waals surface area (Å²) in [6.45, 7) is 1.67. The molecule has 0 spiro atoms. The quantitative estimate of drug-likeness (QED) is 0.399. The molecule has 0 saturated carbocycles. The minimum absolute atomic E-state index is 0.134. The maximum Gasteiger partial charge on any atom is 0.338 e. The zero-order valence-electron chi connectivity index (χ0n) is 17.7.